The number of rotatable bonds is 6. The van der Waals surface area contributed by atoms with Crippen LogP contribution in [0.1, 0.15) is 48.0 Å². The van der Waals surface area contributed by atoms with E-state index in [0.717, 1.165) is 40.3 Å². The molecule has 0 saturated heterocycles. The third kappa shape index (κ3) is 4.78. The van der Waals surface area contributed by atoms with Gasteiger partial charge in [-0.1, -0.05) is 45.8 Å². The Bertz CT molecular complexity index is 1050. The molecule has 0 unspecified atom stereocenters. The second-order valence-corrected chi connectivity index (χ2v) is 7.63. The van der Waals surface area contributed by atoms with E-state index in [4.69, 9.17) is 0 Å². The van der Waals surface area contributed by atoms with Crippen LogP contribution in [0.3, 0.4) is 0 Å². The van der Waals surface area contributed by atoms with E-state index >= 15 is 0 Å². The highest BCUT2D eigenvalue weighted by molar-refractivity contribution is 9.10. The van der Waals surface area contributed by atoms with Crippen LogP contribution in [0, 0.1) is 0 Å². The predicted molar refractivity (Wildman–Crippen MR) is 112 cm³/mol. The zero-order chi connectivity index (χ0) is 20.1. The maximum Gasteiger partial charge on any atom is 0.331 e. The van der Waals surface area contributed by atoms with Crippen LogP contribution in [0.15, 0.2) is 56.1 Å². The lowest BCUT2D eigenvalue weighted by Gasteiger charge is -2.14. The minimum absolute atomic E-state index is 0.212. The average molecular weight is 445 g/mol. The molecule has 1 aromatic heterocycles. The lowest BCUT2D eigenvalue weighted by atomic mass is 9.97. The van der Waals surface area contributed by atoms with Crippen molar-refractivity contribution in [1.29, 1.82) is 0 Å². The Hall–Kier alpha value is -2.67. The molecule has 0 saturated carbocycles. The predicted octanol–water partition coefficient (Wildman–Crippen LogP) is 3.79. The van der Waals surface area contributed by atoms with Gasteiger partial charge >= 0.3 is 5.69 Å². The molecule has 2 N–H and O–H groups in total. The summed E-state index contributed by atoms with van der Waals surface area (Å²) in [4.78, 5) is 38.9. The quantitative estimate of drug-likeness (QED) is 0.402. The number of halogens is 1. The van der Waals surface area contributed by atoms with E-state index < -0.39 is 28.5 Å². The molecule has 1 aliphatic rings. The van der Waals surface area contributed by atoms with E-state index in [1.54, 1.807) is 18.2 Å². The summed E-state index contributed by atoms with van der Waals surface area (Å²) in [6.07, 6.45) is 9.79. The highest BCUT2D eigenvalue weighted by Crippen LogP contribution is 2.21. The van der Waals surface area contributed by atoms with E-state index in [1.807, 2.05) is 12.1 Å². The molecular weight excluding hydrogens is 424 g/mol. The summed E-state index contributed by atoms with van der Waals surface area (Å²) < 4.78 is 1.96. The summed E-state index contributed by atoms with van der Waals surface area (Å²) in [6.45, 7) is 0.212. The van der Waals surface area contributed by atoms with Gasteiger partial charge in [0.05, 0.1) is 0 Å². The van der Waals surface area contributed by atoms with Crippen LogP contribution in [-0.2, 0) is 6.54 Å². The second-order valence-electron chi connectivity index (χ2n) is 6.72. The maximum absolute atomic E-state index is 12.5. The minimum atomic E-state index is -0.888. The van der Waals surface area contributed by atoms with Crippen LogP contribution in [0.2, 0.25) is 0 Å². The third-order valence-electron chi connectivity index (χ3n) is 4.76. The number of nitrogens with one attached hydrogen (secondary N) is 1. The first-order valence-electron chi connectivity index (χ1n) is 9.17. The Morgan fingerprint density at radius 1 is 1.21 bits per heavy atom. The van der Waals surface area contributed by atoms with E-state index in [1.165, 1.54) is 11.6 Å². The number of aromatic nitrogens is 2. The molecule has 28 heavy (non-hydrogen) atoms. The number of hydrogen-bond donors (Lipinski definition) is 2. The number of hydrogen-bond acceptors (Lipinski definition) is 4. The van der Waals surface area contributed by atoms with Crippen molar-refractivity contribution in [3.8, 4) is 5.88 Å². The highest BCUT2D eigenvalue weighted by atomic mass is 79.9. The molecule has 2 aromatic rings. The maximum atomic E-state index is 12.5. The second kappa shape index (κ2) is 9.01. The van der Waals surface area contributed by atoms with Crippen molar-refractivity contribution in [2.75, 3.05) is 0 Å². The topological polar surface area (TPSA) is 92.2 Å². The van der Waals surface area contributed by atoms with Gasteiger partial charge in [-0.15, -0.1) is 0 Å². The van der Waals surface area contributed by atoms with Gasteiger partial charge in [-0.2, -0.15) is 0 Å². The van der Waals surface area contributed by atoms with Crippen molar-refractivity contribution in [2.45, 2.75) is 38.6 Å². The Morgan fingerprint density at radius 3 is 2.64 bits per heavy atom. The SMILES string of the molecule is O=C(C=Cc1ccc(Br)cc1)c1c(O)n(CCC2=CCCCC2)c(=O)[nH]c1=O. The summed E-state index contributed by atoms with van der Waals surface area (Å²) in [6, 6.07) is 7.26. The monoisotopic (exact) mass is 444 g/mol. The van der Waals surface area contributed by atoms with Crippen molar-refractivity contribution in [3.63, 3.8) is 0 Å². The summed E-state index contributed by atoms with van der Waals surface area (Å²) >= 11 is 3.33. The molecule has 0 atom stereocenters. The normalized spacial score (nSPS) is 14.2. The van der Waals surface area contributed by atoms with Gasteiger partial charge in [-0.3, -0.25) is 19.1 Å². The molecule has 1 aromatic carbocycles. The molecule has 1 heterocycles. The summed E-state index contributed by atoms with van der Waals surface area (Å²) in [7, 11) is 0. The minimum Gasteiger partial charge on any atom is -0.494 e. The summed E-state index contributed by atoms with van der Waals surface area (Å²) in [5, 5.41) is 10.4. The largest absolute Gasteiger partial charge is 0.494 e. The zero-order valence-corrected chi connectivity index (χ0v) is 16.9. The molecule has 6 nitrogen and oxygen atoms in total. The Kier molecular flexibility index (Phi) is 6.46. The number of H-pyrrole nitrogens is 1. The van der Waals surface area contributed by atoms with Gasteiger partial charge in [0.1, 0.15) is 5.56 Å². The van der Waals surface area contributed by atoms with Crippen LogP contribution < -0.4 is 11.2 Å². The van der Waals surface area contributed by atoms with Gasteiger partial charge in [0.15, 0.2) is 5.78 Å². The van der Waals surface area contributed by atoms with E-state index in [2.05, 4.69) is 27.0 Å². The lowest BCUT2D eigenvalue weighted by molar-refractivity contribution is 0.104. The molecule has 3 rings (SSSR count). The highest BCUT2D eigenvalue weighted by Gasteiger charge is 2.19. The number of benzene rings is 1. The van der Waals surface area contributed by atoms with E-state index in [9.17, 15) is 19.5 Å². The molecule has 146 valence electrons. The molecule has 7 heteroatoms. The first kappa shape index (κ1) is 20.1. The molecule has 0 fully saturated rings. The molecule has 0 radical (unpaired) electrons. The van der Waals surface area contributed by atoms with Crippen LogP contribution in [0.5, 0.6) is 5.88 Å². The number of aromatic hydroxyl groups is 1. The molecule has 0 amide bonds. The Labute approximate surface area is 170 Å². The van der Waals surface area contributed by atoms with Crippen LogP contribution in [0.4, 0.5) is 0 Å². The number of nitrogens with zero attached hydrogens (tertiary/aromatic N) is 1. The number of carbonyl (C=O) groups excluding carboxylic acids is 1. The smallest absolute Gasteiger partial charge is 0.331 e. The first-order chi connectivity index (χ1) is 13.5. The van der Waals surface area contributed by atoms with Crippen molar-refractivity contribution >= 4 is 27.8 Å². The van der Waals surface area contributed by atoms with Crippen LogP contribution >= 0.6 is 15.9 Å². The summed E-state index contributed by atoms with van der Waals surface area (Å²) in [5.41, 5.74) is -0.0317. The van der Waals surface area contributed by atoms with Crippen molar-refractivity contribution < 1.29 is 9.90 Å². The molecule has 0 bridgehead atoms. The van der Waals surface area contributed by atoms with Crippen LogP contribution in [-0.4, -0.2) is 20.4 Å². The standard InChI is InChI=1S/C21H21BrN2O4/c22-16-9-6-15(7-10-16)8-11-17(25)18-19(26)23-21(28)24(20(18)27)13-12-14-4-2-1-3-5-14/h4,6-11,27H,1-3,5,12-13H2,(H,23,26,28). The fourth-order valence-electron chi connectivity index (χ4n) is 3.21. The third-order valence-corrected chi connectivity index (χ3v) is 5.29. The number of allylic oxidation sites excluding steroid dienone is 3. The first-order valence-corrected chi connectivity index (χ1v) is 9.97. The fraction of sp³-hybridized carbons (Fsp3) is 0.286. The van der Waals surface area contributed by atoms with Gasteiger partial charge in [-0.05, 0) is 55.9 Å². The summed E-state index contributed by atoms with van der Waals surface area (Å²) in [5.74, 6) is -1.25. The zero-order valence-electron chi connectivity index (χ0n) is 15.3. The Balaban J connectivity index is 1.84. The fourth-order valence-corrected chi connectivity index (χ4v) is 3.47. The van der Waals surface area contributed by atoms with Gasteiger partial charge in [-0.25, -0.2) is 4.79 Å². The molecule has 0 aliphatic heterocycles. The number of aromatic amines is 1. The molecular formula is C21H21BrN2O4. The molecule has 0 spiro atoms. The van der Waals surface area contributed by atoms with Crippen molar-refractivity contribution in [3.05, 3.63) is 78.4 Å². The van der Waals surface area contributed by atoms with Crippen LogP contribution in [0.25, 0.3) is 6.08 Å². The van der Waals surface area contributed by atoms with Gasteiger partial charge < -0.3 is 5.11 Å². The van der Waals surface area contributed by atoms with E-state index in [-0.39, 0.29) is 6.54 Å². The number of ketones is 1. The Morgan fingerprint density at radius 2 is 1.96 bits per heavy atom. The van der Waals surface area contributed by atoms with Crippen molar-refractivity contribution in [1.82, 2.24) is 9.55 Å². The van der Waals surface area contributed by atoms with Gasteiger partial charge in [0, 0.05) is 11.0 Å². The van der Waals surface area contributed by atoms with E-state index in [0.29, 0.717) is 6.42 Å². The lowest BCUT2D eigenvalue weighted by Crippen LogP contribution is -2.33. The van der Waals surface area contributed by atoms with Crippen molar-refractivity contribution in [2.24, 2.45) is 0 Å². The van der Waals surface area contributed by atoms with Gasteiger partial charge in [0.25, 0.3) is 5.56 Å². The number of carbonyl (C=O) groups is 1. The van der Waals surface area contributed by atoms with Gasteiger partial charge in [0.2, 0.25) is 5.88 Å². The average Bonchev–Trinajstić information content (AvgIpc) is 2.68. The molecule has 1 aliphatic carbocycles.